The number of carbonyl (C=O) groups is 1. The number of pyridine rings is 1. The van der Waals surface area contributed by atoms with E-state index in [1.807, 2.05) is 19.9 Å². The summed E-state index contributed by atoms with van der Waals surface area (Å²) in [4.78, 5) is 19.7. The molecule has 0 spiro atoms. The van der Waals surface area contributed by atoms with Crippen LogP contribution in [-0.2, 0) is 17.6 Å². The first-order valence-corrected chi connectivity index (χ1v) is 14.3. The number of unbranched alkanes of at least 4 members (excludes halogenated alkanes) is 1. The Kier molecular flexibility index (Phi) is 9.64. The number of aromatic nitrogens is 1. The van der Waals surface area contributed by atoms with Crippen LogP contribution in [-0.4, -0.2) is 53.7 Å². The number of piperidine rings is 1. The van der Waals surface area contributed by atoms with E-state index >= 15 is 0 Å². The summed E-state index contributed by atoms with van der Waals surface area (Å²) in [6.45, 7) is 8.99. The molecule has 2 N–H and O–H groups in total. The summed E-state index contributed by atoms with van der Waals surface area (Å²) in [6, 6.07) is 8.16. The molecule has 1 saturated heterocycles. The van der Waals surface area contributed by atoms with Crippen LogP contribution in [0.4, 0.5) is 10.2 Å². The van der Waals surface area contributed by atoms with Gasteiger partial charge >= 0.3 is 5.97 Å². The van der Waals surface area contributed by atoms with Gasteiger partial charge in [0.05, 0.1) is 13.0 Å². The van der Waals surface area contributed by atoms with Gasteiger partial charge in [-0.05, 0) is 100 Å². The van der Waals surface area contributed by atoms with E-state index in [1.54, 1.807) is 0 Å². The molecule has 38 heavy (non-hydrogen) atoms. The zero-order chi connectivity index (χ0) is 27.2. The lowest BCUT2D eigenvalue weighted by atomic mass is 9.78. The molecule has 0 amide bonds. The molecular formula is C31H44FN3O3. The number of aryl methyl sites for hydroxylation is 2. The number of aliphatic carboxylic acids is 1. The number of likely N-dealkylation sites (tertiary alicyclic amines) is 1. The molecule has 7 heteroatoms. The van der Waals surface area contributed by atoms with E-state index in [0.717, 1.165) is 76.0 Å². The number of nitrogens with one attached hydrogen (secondary N) is 1. The Balaban J connectivity index is 1.30. The molecule has 2 atom stereocenters. The number of nitrogens with zero attached hydrogens (tertiary/aromatic N) is 2. The van der Waals surface area contributed by atoms with Crippen LogP contribution in [0.25, 0.3) is 0 Å². The van der Waals surface area contributed by atoms with Gasteiger partial charge in [0.15, 0.2) is 11.6 Å². The quantitative estimate of drug-likeness (QED) is 0.331. The van der Waals surface area contributed by atoms with E-state index in [-0.39, 0.29) is 17.6 Å². The van der Waals surface area contributed by atoms with Crippen LogP contribution < -0.4 is 10.1 Å². The van der Waals surface area contributed by atoms with Crippen LogP contribution in [0.3, 0.4) is 0 Å². The van der Waals surface area contributed by atoms with Gasteiger partial charge in [0, 0.05) is 23.8 Å². The monoisotopic (exact) mass is 525 g/mol. The van der Waals surface area contributed by atoms with Gasteiger partial charge in [0.1, 0.15) is 5.82 Å². The number of methoxy groups -OCH3 is 1. The molecule has 4 rings (SSSR count). The van der Waals surface area contributed by atoms with E-state index in [0.29, 0.717) is 11.6 Å². The van der Waals surface area contributed by atoms with Crippen LogP contribution in [0.5, 0.6) is 5.75 Å². The van der Waals surface area contributed by atoms with E-state index in [2.05, 4.69) is 29.3 Å². The number of hydrogen-bond acceptors (Lipinski definition) is 5. The third kappa shape index (κ3) is 6.66. The van der Waals surface area contributed by atoms with Gasteiger partial charge < -0.3 is 20.1 Å². The minimum Gasteiger partial charge on any atom is -0.493 e. The number of rotatable bonds is 11. The summed E-state index contributed by atoms with van der Waals surface area (Å²) in [5.41, 5.74) is 3.77. The van der Waals surface area contributed by atoms with Crippen molar-refractivity contribution in [3.63, 3.8) is 0 Å². The summed E-state index contributed by atoms with van der Waals surface area (Å²) in [7, 11) is 1.42. The normalized spacial score (nSPS) is 18.1. The van der Waals surface area contributed by atoms with Crippen molar-refractivity contribution in [2.24, 2.45) is 5.92 Å². The number of fused-ring (bicyclic) bond motifs is 1. The second-order valence-electron chi connectivity index (χ2n) is 11.4. The molecule has 0 radical (unpaired) electrons. The summed E-state index contributed by atoms with van der Waals surface area (Å²) >= 11 is 0. The molecule has 0 unspecified atom stereocenters. The molecule has 208 valence electrons. The van der Waals surface area contributed by atoms with E-state index in [9.17, 15) is 14.3 Å². The summed E-state index contributed by atoms with van der Waals surface area (Å²) in [6.07, 6.45) is 8.23. The van der Waals surface area contributed by atoms with Crippen molar-refractivity contribution in [2.45, 2.75) is 90.0 Å². The molecule has 1 aromatic heterocycles. The number of anilines is 1. The highest BCUT2D eigenvalue weighted by Gasteiger charge is 2.36. The second kappa shape index (κ2) is 12.9. The Labute approximate surface area is 227 Å². The Morgan fingerprint density at radius 2 is 1.97 bits per heavy atom. The van der Waals surface area contributed by atoms with Gasteiger partial charge in [-0.25, -0.2) is 9.37 Å². The minimum absolute atomic E-state index is 0.0460. The predicted octanol–water partition coefficient (Wildman–Crippen LogP) is 6.39. The zero-order valence-corrected chi connectivity index (χ0v) is 23.4. The van der Waals surface area contributed by atoms with Crippen molar-refractivity contribution in [1.82, 2.24) is 9.88 Å². The van der Waals surface area contributed by atoms with Crippen molar-refractivity contribution in [3.05, 3.63) is 52.5 Å². The standard InChI is InChI=1S/C31H44FN3O3/c1-20(2)24-18-26(29(38-4)27(32)19-24)28(31(36)37)22-13-16-35(17-14-22)21(3)8-5-6-10-25-12-11-23-9-7-15-33-30(23)34-25/h11-12,18-22,28H,5-10,13-17H2,1-4H3,(H,33,34)(H,36,37)/t21-,28+/m1/s1. The fraction of sp³-hybridized carbons (Fsp3) is 0.613. The fourth-order valence-electron chi connectivity index (χ4n) is 6.13. The highest BCUT2D eigenvalue weighted by atomic mass is 19.1. The average Bonchev–Trinajstić information content (AvgIpc) is 2.91. The molecule has 1 aromatic carbocycles. The fourth-order valence-corrected chi connectivity index (χ4v) is 6.13. The number of ether oxygens (including phenoxy) is 1. The van der Waals surface area contributed by atoms with Gasteiger partial charge in [-0.3, -0.25) is 4.79 Å². The third-order valence-corrected chi connectivity index (χ3v) is 8.49. The van der Waals surface area contributed by atoms with Crippen molar-refractivity contribution in [3.8, 4) is 5.75 Å². The highest BCUT2D eigenvalue weighted by molar-refractivity contribution is 5.78. The zero-order valence-electron chi connectivity index (χ0n) is 23.4. The maximum Gasteiger partial charge on any atom is 0.311 e. The summed E-state index contributed by atoms with van der Waals surface area (Å²) in [5.74, 6) is -0.952. The molecule has 1 fully saturated rings. The maximum atomic E-state index is 14.8. The van der Waals surface area contributed by atoms with Crippen LogP contribution in [0.2, 0.25) is 0 Å². The van der Waals surface area contributed by atoms with Crippen molar-refractivity contribution in [2.75, 3.05) is 32.1 Å². The Morgan fingerprint density at radius 3 is 2.66 bits per heavy atom. The minimum atomic E-state index is -0.902. The van der Waals surface area contributed by atoms with Crippen molar-refractivity contribution >= 4 is 11.8 Å². The Morgan fingerprint density at radius 1 is 1.21 bits per heavy atom. The predicted molar refractivity (Wildman–Crippen MR) is 150 cm³/mol. The number of benzene rings is 1. The van der Waals surface area contributed by atoms with Crippen LogP contribution in [0, 0.1) is 11.7 Å². The highest BCUT2D eigenvalue weighted by Crippen LogP contribution is 2.40. The van der Waals surface area contributed by atoms with Gasteiger partial charge in [-0.2, -0.15) is 0 Å². The number of carboxylic acids is 1. The van der Waals surface area contributed by atoms with Crippen LogP contribution in [0.1, 0.15) is 93.5 Å². The molecule has 0 saturated carbocycles. The molecule has 2 aromatic rings. The average molecular weight is 526 g/mol. The first-order chi connectivity index (χ1) is 18.3. The Bertz CT molecular complexity index is 1100. The van der Waals surface area contributed by atoms with Gasteiger partial charge in [0.2, 0.25) is 0 Å². The molecule has 0 aliphatic carbocycles. The van der Waals surface area contributed by atoms with Gasteiger partial charge in [-0.15, -0.1) is 0 Å². The molecular weight excluding hydrogens is 481 g/mol. The molecule has 2 aliphatic heterocycles. The summed E-state index contributed by atoms with van der Waals surface area (Å²) in [5, 5.41) is 13.6. The molecule has 0 bridgehead atoms. The topological polar surface area (TPSA) is 74.7 Å². The molecule has 3 heterocycles. The van der Waals surface area contributed by atoms with Crippen molar-refractivity contribution < 1.29 is 19.0 Å². The largest absolute Gasteiger partial charge is 0.493 e. The lowest BCUT2D eigenvalue weighted by Crippen LogP contribution is -2.42. The molecule has 6 nitrogen and oxygen atoms in total. The van der Waals surface area contributed by atoms with Crippen LogP contribution >= 0.6 is 0 Å². The maximum absolute atomic E-state index is 14.8. The number of carboxylic acid groups (broad SMARTS) is 1. The first kappa shape index (κ1) is 28.3. The van der Waals surface area contributed by atoms with E-state index in [4.69, 9.17) is 9.72 Å². The van der Waals surface area contributed by atoms with E-state index < -0.39 is 17.7 Å². The lowest BCUT2D eigenvalue weighted by Gasteiger charge is -2.38. The lowest BCUT2D eigenvalue weighted by molar-refractivity contribution is -0.140. The molecule has 2 aliphatic rings. The smallest absolute Gasteiger partial charge is 0.311 e. The van der Waals surface area contributed by atoms with Crippen LogP contribution in [0.15, 0.2) is 24.3 Å². The third-order valence-electron chi connectivity index (χ3n) is 8.49. The van der Waals surface area contributed by atoms with Crippen molar-refractivity contribution in [1.29, 1.82) is 0 Å². The van der Waals surface area contributed by atoms with Gasteiger partial charge in [0.25, 0.3) is 0 Å². The summed E-state index contributed by atoms with van der Waals surface area (Å²) < 4.78 is 20.2. The first-order valence-electron chi connectivity index (χ1n) is 14.3. The van der Waals surface area contributed by atoms with E-state index in [1.165, 1.54) is 30.9 Å². The van der Waals surface area contributed by atoms with Gasteiger partial charge in [-0.1, -0.05) is 32.4 Å². The number of halogens is 1. The second-order valence-corrected chi connectivity index (χ2v) is 11.4. The number of hydrogen-bond donors (Lipinski definition) is 2. The Hall–Kier alpha value is -2.67. The SMILES string of the molecule is COc1c(F)cc(C(C)C)cc1[C@@H](C(=O)O)C1CCN([C@H](C)CCCCc2ccc3c(n2)NCCC3)CC1.